The first-order valence-corrected chi connectivity index (χ1v) is 7.36. The summed E-state index contributed by atoms with van der Waals surface area (Å²) in [5, 5.41) is 12.6. The number of rotatable bonds is 10. The van der Waals surface area contributed by atoms with Gasteiger partial charge >= 0.3 is 0 Å². The summed E-state index contributed by atoms with van der Waals surface area (Å²) < 4.78 is 0. The summed E-state index contributed by atoms with van der Waals surface area (Å²) in [6, 6.07) is 2.42. The zero-order valence-electron chi connectivity index (χ0n) is 12.9. The first kappa shape index (κ1) is 17.4. The largest absolute Gasteiger partial charge is 0.303 e. The van der Waals surface area contributed by atoms with Crippen LogP contribution in [0.1, 0.15) is 53.9 Å². The Balaban J connectivity index is 4.02. The molecule has 0 heterocycles. The van der Waals surface area contributed by atoms with Gasteiger partial charge in [-0.2, -0.15) is 5.26 Å². The molecule has 1 N–H and O–H groups in total. The van der Waals surface area contributed by atoms with E-state index in [1.165, 1.54) is 0 Å². The maximum Gasteiger partial charge on any atom is 0.103 e. The molecule has 18 heavy (non-hydrogen) atoms. The van der Waals surface area contributed by atoms with Gasteiger partial charge < -0.3 is 4.90 Å². The molecule has 0 radical (unpaired) electrons. The number of hydrogen-bond donors (Lipinski definition) is 1. The van der Waals surface area contributed by atoms with E-state index in [1.807, 2.05) is 6.92 Å². The van der Waals surface area contributed by atoms with Crippen LogP contribution in [-0.4, -0.2) is 36.6 Å². The Morgan fingerprint density at radius 3 is 2.44 bits per heavy atom. The van der Waals surface area contributed by atoms with Gasteiger partial charge in [0.1, 0.15) is 5.54 Å². The normalized spacial score (nSPS) is 14.8. The average Bonchev–Trinajstić information content (AvgIpc) is 2.34. The molecule has 0 fully saturated rings. The molecule has 1 atom stereocenters. The van der Waals surface area contributed by atoms with Crippen molar-refractivity contribution < 1.29 is 0 Å². The van der Waals surface area contributed by atoms with Crippen LogP contribution in [0.4, 0.5) is 0 Å². The molecular weight excluding hydrogens is 222 g/mol. The number of hydrogen-bond acceptors (Lipinski definition) is 3. The van der Waals surface area contributed by atoms with Gasteiger partial charge in [-0.3, -0.25) is 5.32 Å². The van der Waals surface area contributed by atoms with E-state index in [9.17, 15) is 5.26 Å². The van der Waals surface area contributed by atoms with Crippen LogP contribution in [0.3, 0.4) is 0 Å². The maximum absolute atomic E-state index is 9.25. The fraction of sp³-hybridized carbons (Fsp3) is 0.933. The Morgan fingerprint density at radius 2 is 2.00 bits per heavy atom. The van der Waals surface area contributed by atoms with Gasteiger partial charge in [0, 0.05) is 6.54 Å². The molecule has 0 saturated heterocycles. The Labute approximate surface area is 114 Å². The highest BCUT2D eigenvalue weighted by Gasteiger charge is 2.22. The fourth-order valence-corrected chi connectivity index (χ4v) is 2.14. The molecule has 0 aliphatic rings. The lowest BCUT2D eigenvalue weighted by Gasteiger charge is -2.26. The molecule has 0 spiro atoms. The van der Waals surface area contributed by atoms with Gasteiger partial charge in [-0.25, -0.2) is 0 Å². The molecule has 0 aromatic carbocycles. The highest BCUT2D eigenvalue weighted by atomic mass is 15.1. The van der Waals surface area contributed by atoms with Crippen LogP contribution in [0.2, 0.25) is 0 Å². The third-order valence-corrected chi connectivity index (χ3v) is 3.23. The van der Waals surface area contributed by atoms with Gasteiger partial charge in [-0.1, -0.05) is 27.7 Å². The highest BCUT2D eigenvalue weighted by molar-refractivity contribution is 5.03. The predicted molar refractivity (Wildman–Crippen MR) is 78.5 cm³/mol. The summed E-state index contributed by atoms with van der Waals surface area (Å²) in [6.45, 7) is 15.1. The van der Waals surface area contributed by atoms with Gasteiger partial charge in [0.25, 0.3) is 0 Å². The van der Waals surface area contributed by atoms with Gasteiger partial charge in [-0.05, 0) is 51.7 Å². The van der Waals surface area contributed by atoms with Crippen molar-refractivity contribution in [3.05, 3.63) is 0 Å². The van der Waals surface area contributed by atoms with Crippen molar-refractivity contribution in [3.8, 4) is 6.07 Å². The Bertz CT molecular complexity index is 245. The third kappa shape index (κ3) is 7.68. The summed E-state index contributed by atoms with van der Waals surface area (Å²) in [4.78, 5) is 2.47. The van der Waals surface area contributed by atoms with E-state index < -0.39 is 0 Å². The van der Waals surface area contributed by atoms with Crippen LogP contribution in [0, 0.1) is 17.2 Å². The first-order chi connectivity index (χ1) is 8.47. The molecule has 0 rings (SSSR count). The first-order valence-electron chi connectivity index (χ1n) is 7.36. The minimum absolute atomic E-state index is 0.354. The van der Waals surface area contributed by atoms with Crippen molar-refractivity contribution in [1.82, 2.24) is 10.2 Å². The average molecular weight is 253 g/mol. The van der Waals surface area contributed by atoms with Crippen molar-refractivity contribution in [3.63, 3.8) is 0 Å². The standard InChI is InChI=1S/C15H31N3/c1-6-10-17-15(5,13-16)9-8-11-18(7-2)12-14(3)4/h14,17H,6-12H2,1-5H3. The van der Waals surface area contributed by atoms with E-state index in [1.54, 1.807) is 0 Å². The van der Waals surface area contributed by atoms with Gasteiger partial charge in [0.05, 0.1) is 6.07 Å². The molecule has 0 aliphatic heterocycles. The maximum atomic E-state index is 9.25. The minimum atomic E-state index is -0.354. The summed E-state index contributed by atoms with van der Waals surface area (Å²) in [7, 11) is 0. The second-order valence-corrected chi connectivity index (χ2v) is 5.76. The van der Waals surface area contributed by atoms with E-state index in [-0.39, 0.29) is 5.54 Å². The molecule has 0 aromatic rings. The number of nitriles is 1. The summed E-state index contributed by atoms with van der Waals surface area (Å²) in [5.74, 6) is 0.713. The number of nitrogens with zero attached hydrogens (tertiary/aromatic N) is 2. The molecule has 0 aliphatic carbocycles. The van der Waals surface area contributed by atoms with Crippen molar-refractivity contribution >= 4 is 0 Å². The Morgan fingerprint density at radius 1 is 1.33 bits per heavy atom. The fourth-order valence-electron chi connectivity index (χ4n) is 2.14. The molecule has 3 nitrogen and oxygen atoms in total. The molecule has 106 valence electrons. The zero-order valence-corrected chi connectivity index (χ0v) is 12.9. The molecule has 3 heteroatoms. The lowest BCUT2D eigenvalue weighted by molar-refractivity contribution is 0.242. The van der Waals surface area contributed by atoms with E-state index in [0.29, 0.717) is 5.92 Å². The second-order valence-electron chi connectivity index (χ2n) is 5.76. The van der Waals surface area contributed by atoms with Crippen LogP contribution in [-0.2, 0) is 0 Å². The molecule has 1 unspecified atom stereocenters. The molecule has 0 amide bonds. The van der Waals surface area contributed by atoms with Crippen molar-refractivity contribution in [2.45, 2.75) is 59.4 Å². The summed E-state index contributed by atoms with van der Waals surface area (Å²) in [5.41, 5.74) is -0.354. The van der Waals surface area contributed by atoms with Crippen LogP contribution in [0.15, 0.2) is 0 Å². The smallest absolute Gasteiger partial charge is 0.103 e. The van der Waals surface area contributed by atoms with E-state index >= 15 is 0 Å². The van der Waals surface area contributed by atoms with Crippen LogP contribution in [0.25, 0.3) is 0 Å². The monoisotopic (exact) mass is 253 g/mol. The SMILES string of the molecule is CCCNC(C)(C#N)CCCN(CC)CC(C)C. The molecule has 0 saturated carbocycles. The highest BCUT2D eigenvalue weighted by Crippen LogP contribution is 2.12. The Kier molecular flexibility index (Phi) is 9.05. The minimum Gasteiger partial charge on any atom is -0.303 e. The number of nitrogens with one attached hydrogen (secondary N) is 1. The van der Waals surface area contributed by atoms with Gasteiger partial charge in [0.15, 0.2) is 0 Å². The van der Waals surface area contributed by atoms with E-state index in [4.69, 9.17) is 0 Å². The predicted octanol–water partition coefficient (Wildman–Crippen LogP) is 3.03. The van der Waals surface area contributed by atoms with E-state index in [2.05, 4.69) is 44.0 Å². The van der Waals surface area contributed by atoms with Gasteiger partial charge in [-0.15, -0.1) is 0 Å². The van der Waals surface area contributed by atoms with Crippen LogP contribution in [0.5, 0.6) is 0 Å². The second kappa shape index (κ2) is 9.35. The van der Waals surface area contributed by atoms with Gasteiger partial charge in [0.2, 0.25) is 0 Å². The lowest BCUT2D eigenvalue weighted by atomic mass is 9.97. The van der Waals surface area contributed by atoms with Crippen LogP contribution < -0.4 is 5.32 Å². The van der Waals surface area contributed by atoms with Crippen molar-refractivity contribution in [2.75, 3.05) is 26.2 Å². The molecule has 0 bridgehead atoms. The quantitative estimate of drug-likeness (QED) is 0.650. The summed E-state index contributed by atoms with van der Waals surface area (Å²) >= 11 is 0. The van der Waals surface area contributed by atoms with Crippen molar-refractivity contribution in [1.29, 1.82) is 5.26 Å². The van der Waals surface area contributed by atoms with E-state index in [0.717, 1.165) is 45.4 Å². The Hall–Kier alpha value is -0.590. The third-order valence-electron chi connectivity index (χ3n) is 3.23. The van der Waals surface area contributed by atoms with Crippen LogP contribution >= 0.6 is 0 Å². The lowest BCUT2D eigenvalue weighted by Crippen LogP contribution is -2.42. The zero-order chi connectivity index (χ0) is 14.0. The van der Waals surface area contributed by atoms with Crippen molar-refractivity contribution in [2.24, 2.45) is 5.92 Å². The molecular formula is C15H31N3. The topological polar surface area (TPSA) is 39.1 Å². The summed E-state index contributed by atoms with van der Waals surface area (Å²) in [6.07, 6.45) is 3.09. The molecule has 0 aromatic heterocycles.